The van der Waals surface area contributed by atoms with Gasteiger partial charge in [0.2, 0.25) is 0 Å². The number of hydrogen-bond acceptors (Lipinski definition) is 1. The highest BCUT2D eigenvalue weighted by molar-refractivity contribution is 6.30. The van der Waals surface area contributed by atoms with Crippen molar-refractivity contribution in [3.05, 3.63) is 34.9 Å². The molecule has 2 aliphatic carbocycles. The molecule has 0 unspecified atom stereocenters. The smallest absolute Gasteiger partial charge is 0.0406 e. The van der Waals surface area contributed by atoms with Crippen LogP contribution in [-0.2, 0) is 5.41 Å². The second-order valence-corrected chi connectivity index (χ2v) is 7.56. The zero-order chi connectivity index (χ0) is 13.0. The molecule has 3 rings (SSSR count). The molecule has 5 N–H and O–H groups in total. The van der Waals surface area contributed by atoms with Crippen LogP contribution >= 0.6 is 24.0 Å². The van der Waals surface area contributed by atoms with Crippen LogP contribution in [0.5, 0.6) is 0 Å². The first-order valence-corrected chi connectivity index (χ1v) is 7.55. The van der Waals surface area contributed by atoms with E-state index in [2.05, 4.69) is 45.0 Å². The van der Waals surface area contributed by atoms with E-state index in [4.69, 9.17) is 11.6 Å². The van der Waals surface area contributed by atoms with Gasteiger partial charge in [0.1, 0.15) is 0 Å². The lowest BCUT2D eigenvalue weighted by molar-refractivity contribution is 0.00756. The predicted octanol–water partition coefficient (Wildman–Crippen LogP) is 5.35. The molecule has 0 saturated heterocycles. The molecular formula is C17H29Cl2NO. The average molecular weight is 334 g/mol. The largest absolute Gasteiger partial charge is 0.412 e. The number of hydrogen-bond donors (Lipinski definition) is 1. The molecule has 0 amide bonds. The number of benzene rings is 1. The molecule has 2 saturated carbocycles. The van der Waals surface area contributed by atoms with Gasteiger partial charge in [-0.3, -0.25) is 0 Å². The minimum atomic E-state index is 0. The van der Waals surface area contributed by atoms with Gasteiger partial charge in [0.25, 0.3) is 0 Å². The summed E-state index contributed by atoms with van der Waals surface area (Å²) >= 11 is 6.04. The van der Waals surface area contributed by atoms with Gasteiger partial charge in [0.05, 0.1) is 0 Å². The van der Waals surface area contributed by atoms with Crippen molar-refractivity contribution in [1.29, 1.82) is 0 Å². The molecule has 0 heterocycles. The van der Waals surface area contributed by atoms with Gasteiger partial charge in [-0.2, -0.15) is 0 Å². The van der Waals surface area contributed by atoms with Crippen molar-refractivity contribution in [3.8, 4) is 0 Å². The van der Waals surface area contributed by atoms with Crippen LogP contribution in [0.15, 0.2) is 24.3 Å². The average Bonchev–Trinajstić information content (AvgIpc) is 2.99. The second kappa shape index (κ2) is 6.45. The Balaban J connectivity index is 0.00000133. The molecular weight excluding hydrogens is 305 g/mol. The summed E-state index contributed by atoms with van der Waals surface area (Å²) < 4.78 is 0. The lowest BCUT2D eigenvalue weighted by atomic mass is 9.47. The molecule has 2 fully saturated rings. The maximum atomic E-state index is 6.04. The van der Waals surface area contributed by atoms with Gasteiger partial charge in [-0.15, -0.1) is 12.4 Å². The number of rotatable bonds is 3. The van der Waals surface area contributed by atoms with E-state index in [9.17, 15) is 0 Å². The van der Waals surface area contributed by atoms with Crippen molar-refractivity contribution in [2.45, 2.75) is 58.3 Å². The summed E-state index contributed by atoms with van der Waals surface area (Å²) in [6.07, 6.45) is 6.86. The molecule has 21 heavy (non-hydrogen) atoms. The molecule has 1 aromatic rings. The van der Waals surface area contributed by atoms with Gasteiger partial charge in [-0.05, 0) is 54.2 Å². The predicted molar refractivity (Wildman–Crippen MR) is 94.0 cm³/mol. The van der Waals surface area contributed by atoms with Crippen LogP contribution in [0, 0.1) is 10.8 Å². The maximum Gasteiger partial charge on any atom is 0.0406 e. The van der Waals surface area contributed by atoms with Crippen molar-refractivity contribution in [3.63, 3.8) is 0 Å². The van der Waals surface area contributed by atoms with E-state index in [0.717, 1.165) is 5.02 Å². The zero-order valence-electron chi connectivity index (χ0n) is 13.3. The fourth-order valence-electron chi connectivity index (χ4n) is 3.96. The molecule has 1 aromatic carbocycles. The SMILES string of the molecule is CC1(C(C)(C)C2(c3ccc(Cl)cc3)CCC2)CC1.Cl.N.O. The molecule has 122 valence electrons. The Morgan fingerprint density at radius 3 is 1.81 bits per heavy atom. The van der Waals surface area contributed by atoms with Crippen LogP contribution < -0.4 is 6.15 Å². The van der Waals surface area contributed by atoms with Crippen molar-refractivity contribution in [1.82, 2.24) is 6.15 Å². The second-order valence-electron chi connectivity index (χ2n) is 7.13. The highest BCUT2D eigenvalue weighted by atomic mass is 35.5. The van der Waals surface area contributed by atoms with Crippen molar-refractivity contribution < 1.29 is 5.48 Å². The minimum absolute atomic E-state index is 0. The van der Waals surface area contributed by atoms with E-state index in [-0.39, 0.29) is 24.0 Å². The summed E-state index contributed by atoms with van der Waals surface area (Å²) in [7, 11) is 0. The van der Waals surface area contributed by atoms with Gasteiger partial charge < -0.3 is 11.6 Å². The molecule has 0 spiro atoms. The summed E-state index contributed by atoms with van der Waals surface area (Å²) in [5.74, 6) is 0. The lowest BCUT2D eigenvalue weighted by Crippen LogP contribution is -2.51. The quantitative estimate of drug-likeness (QED) is 0.796. The van der Waals surface area contributed by atoms with E-state index in [1.54, 1.807) is 0 Å². The summed E-state index contributed by atoms with van der Waals surface area (Å²) in [4.78, 5) is 0. The van der Waals surface area contributed by atoms with Gasteiger partial charge in [0.15, 0.2) is 0 Å². The summed E-state index contributed by atoms with van der Waals surface area (Å²) in [6.45, 7) is 7.46. The minimum Gasteiger partial charge on any atom is -0.412 e. The van der Waals surface area contributed by atoms with Gasteiger partial charge >= 0.3 is 0 Å². The Hall–Kier alpha value is -0.280. The fourth-order valence-corrected chi connectivity index (χ4v) is 4.09. The van der Waals surface area contributed by atoms with E-state index < -0.39 is 0 Å². The first kappa shape index (κ1) is 20.7. The molecule has 0 aromatic heterocycles. The zero-order valence-corrected chi connectivity index (χ0v) is 14.9. The Morgan fingerprint density at radius 2 is 1.48 bits per heavy atom. The van der Waals surface area contributed by atoms with Crippen LogP contribution in [0.2, 0.25) is 5.02 Å². The summed E-state index contributed by atoms with van der Waals surface area (Å²) in [5, 5.41) is 0.851. The summed E-state index contributed by atoms with van der Waals surface area (Å²) in [5.41, 5.74) is 2.85. The molecule has 2 aliphatic rings. The van der Waals surface area contributed by atoms with Crippen molar-refractivity contribution in [2.75, 3.05) is 0 Å². The first-order chi connectivity index (χ1) is 8.41. The van der Waals surface area contributed by atoms with Crippen LogP contribution in [0.4, 0.5) is 0 Å². The van der Waals surface area contributed by atoms with Crippen LogP contribution in [0.1, 0.15) is 58.4 Å². The van der Waals surface area contributed by atoms with Crippen LogP contribution in [-0.4, -0.2) is 5.48 Å². The van der Waals surface area contributed by atoms with Crippen molar-refractivity contribution in [2.24, 2.45) is 10.8 Å². The summed E-state index contributed by atoms with van der Waals surface area (Å²) in [6, 6.07) is 8.63. The maximum absolute atomic E-state index is 6.04. The molecule has 0 atom stereocenters. The van der Waals surface area contributed by atoms with Crippen LogP contribution in [0.3, 0.4) is 0 Å². The highest BCUT2D eigenvalue weighted by Crippen LogP contribution is 2.69. The third-order valence-electron chi connectivity index (χ3n) is 6.31. The van der Waals surface area contributed by atoms with Gasteiger partial charge in [-0.1, -0.05) is 50.9 Å². The molecule has 0 radical (unpaired) electrons. The normalized spacial score (nSPS) is 21.0. The first-order valence-electron chi connectivity index (χ1n) is 7.17. The topological polar surface area (TPSA) is 66.5 Å². The monoisotopic (exact) mass is 333 g/mol. The van der Waals surface area contributed by atoms with E-state index in [1.807, 2.05) is 0 Å². The van der Waals surface area contributed by atoms with E-state index >= 15 is 0 Å². The lowest BCUT2D eigenvalue weighted by Gasteiger charge is -2.57. The Kier molecular flexibility index (Phi) is 6.37. The Morgan fingerprint density at radius 1 is 1.00 bits per heavy atom. The third kappa shape index (κ3) is 2.84. The van der Waals surface area contributed by atoms with Crippen molar-refractivity contribution >= 4 is 24.0 Å². The van der Waals surface area contributed by atoms with Crippen LogP contribution in [0.25, 0.3) is 0 Å². The van der Waals surface area contributed by atoms with E-state index in [0.29, 0.717) is 16.2 Å². The fraction of sp³-hybridized carbons (Fsp3) is 0.647. The third-order valence-corrected chi connectivity index (χ3v) is 6.56. The highest BCUT2D eigenvalue weighted by Gasteiger charge is 2.62. The molecule has 0 bridgehead atoms. The molecule has 4 heteroatoms. The van der Waals surface area contributed by atoms with Gasteiger partial charge in [-0.25, -0.2) is 0 Å². The Labute approximate surface area is 140 Å². The molecule has 0 aliphatic heterocycles. The van der Waals surface area contributed by atoms with Gasteiger partial charge in [0, 0.05) is 10.4 Å². The van der Waals surface area contributed by atoms with E-state index in [1.165, 1.54) is 37.7 Å². The molecule has 2 nitrogen and oxygen atoms in total. The Bertz CT molecular complexity index is 462. The number of halogens is 2. The standard InChI is InChI=1S/C17H23Cl.ClH.H3N.H2O/c1-15(2,16(3)11-12-16)17(9-4-10-17)13-5-7-14(18)8-6-13;;;/h5-8H,4,9-12H2,1-3H3;1H;1H3;1H2.